The molecule has 0 saturated carbocycles. The molecule has 5 heteroatoms. The van der Waals surface area contributed by atoms with E-state index < -0.39 is 6.10 Å². The summed E-state index contributed by atoms with van der Waals surface area (Å²) in [6.45, 7) is 7.41. The molecule has 0 amide bonds. The third kappa shape index (κ3) is 52.7. The van der Waals surface area contributed by atoms with Crippen LogP contribution in [0.25, 0.3) is 0 Å². The van der Waals surface area contributed by atoms with Gasteiger partial charge in [-0.1, -0.05) is 219 Å². The standard InChI is InChI=1S/C61H98O5/c1-4-7-10-13-16-19-22-25-28-30-32-35-38-41-44-47-50-53-56-64-57-59(66-61(63)55-52-49-46-43-40-37-33-27-24-21-18-15-12-9-6-3)58-65-60(62)54-51-48-45-42-39-36-34-31-29-26-23-20-17-14-11-8-5-2/h8-9,11-12,16-21,25-29,33-34,36,40,43,49,52,59H,4-7,10,13-15,22-24,30-32,35,37-39,41-42,44-48,50-51,53-58H2,1-3H3/b11-8-,12-9-,19-16-,20-17-,21-18-,28-25-,29-26-,33-27-,36-34-,43-40-,52-49-. The Morgan fingerprint density at radius 2 is 0.727 bits per heavy atom. The van der Waals surface area contributed by atoms with Gasteiger partial charge in [0.15, 0.2) is 6.10 Å². The van der Waals surface area contributed by atoms with Crippen LogP contribution in [-0.2, 0) is 23.8 Å². The number of carbonyl (C=O) groups excluding carboxylic acids is 2. The van der Waals surface area contributed by atoms with Gasteiger partial charge in [0, 0.05) is 13.0 Å². The molecule has 0 bridgehead atoms. The summed E-state index contributed by atoms with van der Waals surface area (Å²) in [7, 11) is 0. The van der Waals surface area contributed by atoms with Gasteiger partial charge in [-0.05, 0) is 116 Å². The van der Waals surface area contributed by atoms with E-state index in [0.29, 0.717) is 13.0 Å². The van der Waals surface area contributed by atoms with E-state index in [1.165, 1.54) is 70.6 Å². The average molecular weight is 911 g/mol. The van der Waals surface area contributed by atoms with Gasteiger partial charge in [0.2, 0.25) is 0 Å². The number of esters is 2. The Morgan fingerprint density at radius 1 is 0.364 bits per heavy atom. The van der Waals surface area contributed by atoms with E-state index in [9.17, 15) is 9.59 Å². The van der Waals surface area contributed by atoms with Gasteiger partial charge in [-0.25, -0.2) is 0 Å². The van der Waals surface area contributed by atoms with Crippen LogP contribution in [0.4, 0.5) is 0 Å². The fraction of sp³-hybridized carbons (Fsp3) is 0.607. The van der Waals surface area contributed by atoms with Crippen LogP contribution in [0.15, 0.2) is 134 Å². The molecule has 0 radical (unpaired) electrons. The van der Waals surface area contributed by atoms with E-state index in [2.05, 4.69) is 142 Å². The summed E-state index contributed by atoms with van der Waals surface area (Å²) >= 11 is 0. The van der Waals surface area contributed by atoms with Crippen LogP contribution < -0.4 is 0 Å². The third-order valence-electron chi connectivity index (χ3n) is 10.7. The first-order valence-electron chi connectivity index (χ1n) is 26.7. The molecule has 0 aliphatic carbocycles. The van der Waals surface area contributed by atoms with Gasteiger partial charge in [0.05, 0.1) is 13.0 Å². The summed E-state index contributed by atoms with van der Waals surface area (Å²) in [6.07, 6.45) is 79.2. The zero-order valence-electron chi connectivity index (χ0n) is 42.7. The molecule has 0 aromatic rings. The summed E-state index contributed by atoms with van der Waals surface area (Å²) < 4.78 is 17.3. The first kappa shape index (κ1) is 62.0. The van der Waals surface area contributed by atoms with Crippen molar-refractivity contribution in [3.8, 4) is 0 Å². The molecule has 1 unspecified atom stereocenters. The van der Waals surface area contributed by atoms with Crippen LogP contribution in [0.2, 0.25) is 0 Å². The normalized spacial score (nSPS) is 13.3. The lowest BCUT2D eigenvalue weighted by molar-refractivity contribution is -0.162. The lowest BCUT2D eigenvalue weighted by Crippen LogP contribution is -2.29. The molecule has 0 aliphatic heterocycles. The summed E-state index contributed by atoms with van der Waals surface area (Å²) in [5.74, 6) is -0.583. The second-order valence-corrected chi connectivity index (χ2v) is 17.0. The predicted molar refractivity (Wildman–Crippen MR) is 288 cm³/mol. The first-order chi connectivity index (χ1) is 32.6. The monoisotopic (exact) mass is 911 g/mol. The minimum atomic E-state index is -0.614. The number of unbranched alkanes of at least 4 members (excludes halogenated alkanes) is 15. The Labute approximate surface area is 407 Å². The van der Waals surface area contributed by atoms with Crippen molar-refractivity contribution in [2.75, 3.05) is 19.8 Å². The van der Waals surface area contributed by atoms with E-state index in [0.717, 1.165) is 109 Å². The molecule has 0 saturated heterocycles. The van der Waals surface area contributed by atoms with Crippen LogP contribution in [0.1, 0.15) is 213 Å². The maximum Gasteiger partial charge on any atom is 0.310 e. The van der Waals surface area contributed by atoms with Crippen molar-refractivity contribution in [1.82, 2.24) is 0 Å². The number of hydrogen-bond donors (Lipinski definition) is 0. The number of allylic oxidation sites excluding steroid dienone is 21. The van der Waals surface area contributed by atoms with Crippen molar-refractivity contribution in [2.45, 2.75) is 219 Å². The van der Waals surface area contributed by atoms with Gasteiger partial charge in [-0.3, -0.25) is 9.59 Å². The predicted octanol–water partition coefficient (Wildman–Crippen LogP) is 18.3. The molecule has 372 valence electrons. The van der Waals surface area contributed by atoms with Crippen LogP contribution in [0.5, 0.6) is 0 Å². The van der Waals surface area contributed by atoms with Gasteiger partial charge in [-0.2, -0.15) is 0 Å². The number of ether oxygens (including phenoxy) is 3. The minimum Gasteiger partial charge on any atom is -0.462 e. The van der Waals surface area contributed by atoms with Crippen LogP contribution in [0.3, 0.4) is 0 Å². The quantitative estimate of drug-likeness (QED) is 0.0346. The number of rotatable bonds is 47. The molecule has 0 spiro atoms. The van der Waals surface area contributed by atoms with Crippen molar-refractivity contribution < 1.29 is 23.8 Å². The summed E-state index contributed by atoms with van der Waals surface area (Å²) in [5, 5.41) is 0. The highest BCUT2D eigenvalue weighted by atomic mass is 16.6. The van der Waals surface area contributed by atoms with E-state index in [1.807, 2.05) is 12.2 Å². The maximum atomic E-state index is 12.8. The molecule has 0 aliphatic rings. The molecule has 0 rings (SSSR count). The molecule has 5 nitrogen and oxygen atoms in total. The van der Waals surface area contributed by atoms with Crippen molar-refractivity contribution in [3.05, 3.63) is 134 Å². The summed E-state index contributed by atoms with van der Waals surface area (Å²) in [6, 6.07) is 0. The van der Waals surface area contributed by atoms with Gasteiger partial charge in [-0.15, -0.1) is 0 Å². The molecular formula is C61H98O5. The third-order valence-corrected chi connectivity index (χ3v) is 10.7. The fourth-order valence-electron chi connectivity index (χ4n) is 6.78. The van der Waals surface area contributed by atoms with Gasteiger partial charge in [0.1, 0.15) is 6.61 Å². The van der Waals surface area contributed by atoms with E-state index in [4.69, 9.17) is 14.2 Å². The van der Waals surface area contributed by atoms with E-state index in [-0.39, 0.29) is 31.6 Å². The summed E-state index contributed by atoms with van der Waals surface area (Å²) in [4.78, 5) is 25.4. The van der Waals surface area contributed by atoms with E-state index in [1.54, 1.807) is 0 Å². The molecule has 66 heavy (non-hydrogen) atoms. The first-order valence-corrected chi connectivity index (χ1v) is 26.7. The lowest BCUT2D eigenvalue weighted by Gasteiger charge is -2.18. The van der Waals surface area contributed by atoms with Crippen molar-refractivity contribution in [1.29, 1.82) is 0 Å². The minimum absolute atomic E-state index is 0.0219. The topological polar surface area (TPSA) is 61.8 Å². The molecule has 0 fully saturated rings. The second kappa shape index (κ2) is 55.4. The van der Waals surface area contributed by atoms with Crippen molar-refractivity contribution in [2.24, 2.45) is 0 Å². The molecule has 1 atom stereocenters. The number of carbonyl (C=O) groups is 2. The lowest BCUT2D eigenvalue weighted by atomic mass is 10.1. The maximum absolute atomic E-state index is 12.8. The van der Waals surface area contributed by atoms with E-state index >= 15 is 0 Å². The second-order valence-electron chi connectivity index (χ2n) is 17.0. The highest BCUT2D eigenvalue weighted by molar-refractivity contribution is 5.71. The molecule has 0 aromatic carbocycles. The highest BCUT2D eigenvalue weighted by Crippen LogP contribution is 2.12. The number of hydrogen-bond acceptors (Lipinski definition) is 5. The van der Waals surface area contributed by atoms with Crippen molar-refractivity contribution in [3.63, 3.8) is 0 Å². The molecule has 0 heterocycles. The smallest absolute Gasteiger partial charge is 0.310 e. The fourth-order valence-corrected chi connectivity index (χ4v) is 6.78. The van der Waals surface area contributed by atoms with Gasteiger partial charge in [0.25, 0.3) is 0 Å². The zero-order valence-corrected chi connectivity index (χ0v) is 42.7. The van der Waals surface area contributed by atoms with Crippen LogP contribution in [0, 0.1) is 0 Å². The van der Waals surface area contributed by atoms with Crippen LogP contribution in [-0.4, -0.2) is 37.9 Å². The molecule has 0 N–H and O–H groups in total. The Hall–Kier alpha value is -3.96. The highest BCUT2D eigenvalue weighted by Gasteiger charge is 2.17. The van der Waals surface area contributed by atoms with Gasteiger partial charge >= 0.3 is 11.9 Å². The average Bonchev–Trinajstić information content (AvgIpc) is 3.32. The Kier molecular flexibility index (Phi) is 52.0. The SMILES string of the molecule is CC/C=C\C/C=C\C/C=C\C/C=C\C/C=C\CC(=O)OC(COCCCCCCCCCC/C=C\C/C=C\CCCCC)COC(=O)CCCCCC/C=C\C/C=C\C/C=C\C/C=C\CC. The van der Waals surface area contributed by atoms with Crippen LogP contribution >= 0.6 is 0 Å². The Bertz CT molecular complexity index is 1400. The Morgan fingerprint density at radius 3 is 1.17 bits per heavy atom. The van der Waals surface area contributed by atoms with Crippen molar-refractivity contribution >= 4 is 11.9 Å². The Balaban J connectivity index is 4.46. The zero-order chi connectivity index (χ0) is 47.7. The van der Waals surface area contributed by atoms with Gasteiger partial charge < -0.3 is 14.2 Å². The largest absolute Gasteiger partial charge is 0.462 e. The summed E-state index contributed by atoms with van der Waals surface area (Å²) in [5.41, 5.74) is 0. The molecule has 0 aromatic heterocycles. The molecular weight excluding hydrogens is 813 g/mol.